The van der Waals surface area contributed by atoms with Crippen molar-refractivity contribution < 1.29 is 0 Å². The van der Waals surface area contributed by atoms with Gasteiger partial charge >= 0.3 is 0 Å². The molecular formula is C15H21N3. The van der Waals surface area contributed by atoms with Crippen LogP contribution in [0.5, 0.6) is 0 Å². The maximum absolute atomic E-state index is 6.06. The lowest BCUT2D eigenvalue weighted by Crippen LogP contribution is -1.98. The maximum Gasteiger partial charge on any atom is 0.115 e. The van der Waals surface area contributed by atoms with Crippen molar-refractivity contribution in [2.75, 3.05) is 5.73 Å². The van der Waals surface area contributed by atoms with Crippen LogP contribution in [0.2, 0.25) is 0 Å². The number of nitrogens with zero attached hydrogens (tertiary/aromatic N) is 2. The zero-order valence-corrected chi connectivity index (χ0v) is 11.4. The Labute approximate surface area is 109 Å². The van der Waals surface area contributed by atoms with E-state index in [2.05, 4.69) is 44.1 Å². The van der Waals surface area contributed by atoms with Crippen molar-refractivity contribution in [3.05, 3.63) is 35.5 Å². The predicted molar refractivity (Wildman–Crippen MR) is 76.5 cm³/mol. The van der Waals surface area contributed by atoms with Gasteiger partial charge in [-0.1, -0.05) is 30.5 Å². The van der Waals surface area contributed by atoms with Gasteiger partial charge in [0.15, 0.2) is 0 Å². The molecule has 0 aliphatic heterocycles. The molecule has 1 heterocycles. The number of nitrogen functional groups attached to an aromatic ring is 1. The molecule has 0 atom stereocenters. The number of unbranched alkanes of at least 4 members (excludes halogenated alkanes) is 1. The Bertz CT molecular complexity index is 520. The summed E-state index contributed by atoms with van der Waals surface area (Å²) in [5, 5.41) is 4.59. The van der Waals surface area contributed by atoms with Gasteiger partial charge in [-0.05, 0) is 32.4 Å². The molecule has 0 radical (unpaired) electrons. The summed E-state index contributed by atoms with van der Waals surface area (Å²) in [6, 6.07) is 6.43. The van der Waals surface area contributed by atoms with Gasteiger partial charge in [-0.3, -0.25) is 4.68 Å². The van der Waals surface area contributed by atoms with Gasteiger partial charge < -0.3 is 5.73 Å². The molecule has 3 heteroatoms. The number of hydrogen-bond acceptors (Lipinski definition) is 2. The lowest BCUT2D eigenvalue weighted by atomic mass is 10.0. The summed E-state index contributed by atoms with van der Waals surface area (Å²) in [5.74, 6) is 0. The van der Waals surface area contributed by atoms with Crippen LogP contribution >= 0.6 is 0 Å². The number of benzene rings is 1. The van der Waals surface area contributed by atoms with E-state index in [0.29, 0.717) is 0 Å². The van der Waals surface area contributed by atoms with Crippen LogP contribution in [0.1, 0.15) is 30.9 Å². The van der Waals surface area contributed by atoms with Crippen molar-refractivity contribution in [2.45, 2.75) is 40.2 Å². The zero-order valence-electron chi connectivity index (χ0n) is 11.4. The standard InChI is InChI=1S/C15H21N3/c1-4-5-6-18-10-14(16)15(17-18)13-8-11(2)7-12(3)9-13/h7-10H,4-6,16H2,1-3H3. The molecule has 0 spiro atoms. The average molecular weight is 243 g/mol. The van der Waals surface area contributed by atoms with Crippen LogP contribution in [0.15, 0.2) is 24.4 Å². The molecule has 3 nitrogen and oxygen atoms in total. The van der Waals surface area contributed by atoms with E-state index in [1.54, 1.807) is 0 Å². The maximum atomic E-state index is 6.06. The van der Waals surface area contributed by atoms with Crippen LogP contribution < -0.4 is 5.73 Å². The molecule has 0 aliphatic rings. The summed E-state index contributed by atoms with van der Waals surface area (Å²) < 4.78 is 1.95. The summed E-state index contributed by atoms with van der Waals surface area (Å²) in [6.07, 6.45) is 4.23. The van der Waals surface area contributed by atoms with E-state index >= 15 is 0 Å². The van der Waals surface area contributed by atoms with Gasteiger partial charge in [0.2, 0.25) is 0 Å². The third-order valence-corrected chi connectivity index (χ3v) is 3.03. The Kier molecular flexibility index (Phi) is 3.70. The molecule has 2 N–H and O–H groups in total. The quantitative estimate of drug-likeness (QED) is 0.892. The molecule has 0 fully saturated rings. The van der Waals surface area contributed by atoms with E-state index < -0.39 is 0 Å². The highest BCUT2D eigenvalue weighted by Gasteiger charge is 2.09. The van der Waals surface area contributed by atoms with Crippen molar-refractivity contribution in [3.63, 3.8) is 0 Å². The predicted octanol–water partition coefficient (Wildman–Crippen LogP) is 3.55. The van der Waals surface area contributed by atoms with Crippen molar-refractivity contribution in [1.82, 2.24) is 9.78 Å². The second-order valence-electron chi connectivity index (χ2n) is 4.93. The number of rotatable bonds is 4. The minimum atomic E-state index is 0.760. The summed E-state index contributed by atoms with van der Waals surface area (Å²) in [4.78, 5) is 0. The zero-order chi connectivity index (χ0) is 13.1. The molecule has 0 amide bonds. The van der Waals surface area contributed by atoms with E-state index in [1.165, 1.54) is 17.5 Å². The van der Waals surface area contributed by atoms with Gasteiger partial charge in [0, 0.05) is 18.3 Å². The lowest BCUT2D eigenvalue weighted by Gasteiger charge is -2.03. The third kappa shape index (κ3) is 2.73. The highest BCUT2D eigenvalue weighted by atomic mass is 15.3. The monoisotopic (exact) mass is 243 g/mol. The van der Waals surface area contributed by atoms with Crippen molar-refractivity contribution in [3.8, 4) is 11.3 Å². The number of anilines is 1. The second-order valence-corrected chi connectivity index (χ2v) is 4.93. The molecule has 0 bridgehead atoms. The van der Waals surface area contributed by atoms with Gasteiger partial charge in [0.25, 0.3) is 0 Å². The third-order valence-electron chi connectivity index (χ3n) is 3.03. The van der Waals surface area contributed by atoms with Crippen LogP contribution in [0.4, 0.5) is 5.69 Å². The fourth-order valence-corrected chi connectivity index (χ4v) is 2.21. The normalized spacial score (nSPS) is 10.8. The van der Waals surface area contributed by atoms with E-state index in [0.717, 1.165) is 29.9 Å². The number of hydrogen-bond donors (Lipinski definition) is 1. The summed E-state index contributed by atoms with van der Waals surface area (Å²) in [5.41, 5.74) is 11.3. The molecular weight excluding hydrogens is 222 g/mol. The molecule has 1 aromatic heterocycles. The SMILES string of the molecule is CCCCn1cc(N)c(-c2cc(C)cc(C)c2)n1. The lowest BCUT2D eigenvalue weighted by molar-refractivity contribution is 0.573. The molecule has 2 rings (SSSR count). The Morgan fingerprint density at radius 2 is 1.83 bits per heavy atom. The van der Waals surface area contributed by atoms with Crippen LogP contribution in [-0.4, -0.2) is 9.78 Å². The second kappa shape index (κ2) is 5.25. The largest absolute Gasteiger partial charge is 0.396 e. The highest BCUT2D eigenvalue weighted by molar-refractivity contribution is 5.72. The fraction of sp³-hybridized carbons (Fsp3) is 0.400. The first-order valence-corrected chi connectivity index (χ1v) is 6.51. The van der Waals surface area contributed by atoms with Gasteiger partial charge in [-0.2, -0.15) is 5.10 Å². The summed E-state index contributed by atoms with van der Waals surface area (Å²) in [7, 11) is 0. The van der Waals surface area contributed by atoms with E-state index in [9.17, 15) is 0 Å². The first-order chi connectivity index (χ1) is 8.60. The Morgan fingerprint density at radius 3 is 2.44 bits per heavy atom. The van der Waals surface area contributed by atoms with E-state index in [1.807, 2.05) is 10.9 Å². The fourth-order valence-electron chi connectivity index (χ4n) is 2.21. The van der Waals surface area contributed by atoms with E-state index in [-0.39, 0.29) is 0 Å². The Balaban J connectivity index is 2.34. The molecule has 96 valence electrons. The number of aryl methyl sites for hydroxylation is 3. The average Bonchev–Trinajstić information content (AvgIpc) is 2.66. The number of aromatic nitrogens is 2. The summed E-state index contributed by atoms with van der Waals surface area (Å²) in [6.45, 7) is 7.31. The van der Waals surface area contributed by atoms with Crippen molar-refractivity contribution in [2.24, 2.45) is 0 Å². The molecule has 0 saturated carbocycles. The van der Waals surface area contributed by atoms with Crippen molar-refractivity contribution in [1.29, 1.82) is 0 Å². The topological polar surface area (TPSA) is 43.8 Å². The molecule has 2 aromatic rings. The number of nitrogens with two attached hydrogens (primary N) is 1. The van der Waals surface area contributed by atoms with E-state index in [4.69, 9.17) is 5.73 Å². The van der Waals surface area contributed by atoms with Crippen LogP contribution in [-0.2, 0) is 6.54 Å². The van der Waals surface area contributed by atoms with Crippen LogP contribution in [0.3, 0.4) is 0 Å². The first kappa shape index (κ1) is 12.7. The van der Waals surface area contributed by atoms with Crippen LogP contribution in [0, 0.1) is 13.8 Å². The minimum absolute atomic E-state index is 0.760. The highest BCUT2D eigenvalue weighted by Crippen LogP contribution is 2.26. The van der Waals surface area contributed by atoms with Crippen molar-refractivity contribution >= 4 is 5.69 Å². The van der Waals surface area contributed by atoms with Gasteiger partial charge in [-0.25, -0.2) is 0 Å². The first-order valence-electron chi connectivity index (χ1n) is 6.51. The van der Waals surface area contributed by atoms with Gasteiger partial charge in [0.1, 0.15) is 5.69 Å². The van der Waals surface area contributed by atoms with Gasteiger partial charge in [-0.15, -0.1) is 0 Å². The molecule has 18 heavy (non-hydrogen) atoms. The van der Waals surface area contributed by atoms with Crippen LogP contribution in [0.25, 0.3) is 11.3 Å². The Morgan fingerprint density at radius 1 is 1.17 bits per heavy atom. The molecule has 0 aliphatic carbocycles. The molecule has 0 unspecified atom stereocenters. The summed E-state index contributed by atoms with van der Waals surface area (Å²) >= 11 is 0. The molecule has 1 aromatic carbocycles. The minimum Gasteiger partial charge on any atom is -0.396 e. The van der Waals surface area contributed by atoms with Gasteiger partial charge in [0.05, 0.1) is 5.69 Å². The molecule has 0 saturated heterocycles. The Hall–Kier alpha value is -1.77. The smallest absolute Gasteiger partial charge is 0.115 e.